The van der Waals surface area contributed by atoms with Gasteiger partial charge in [-0.2, -0.15) is 0 Å². The van der Waals surface area contributed by atoms with Crippen LogP contribution >= 0.6 is 0 Å². The largest absolute Gasteiger partial charge is 0.550 e. The van der Waals surface area contributed by atoms with E-state index in [1.807, 2.05) is 20.8 Å². The standard InChI is InChI=1S/C18H25NO4/c1-5-23-13-8-6-12(7-9-13)19-15(20)14-10-11-18(4,16(21)22)17(14,2)3/h6-9,14H,5,10-11H2,1-4H3,(H,19,20)(H,21,22)/p-1/t14-,18-/m0/s1. The number of hydrogen-bond donors (Lipinski definition) is 1. The molecule has 2 rings (SSSR count). The molecule has 0 aliphatic heterocycles. The molecule has 1 fully saturated rings. The third-order valence-corrected chi connectivity index (χ3v) is 5.43. The minimum atomic E-state index is -1.08. The number of carboxylic acid groups (broad SMARTS) is 1. The van der Waals surface area contributed by atoms with Gasteiger partial charge in [-0.1, -0.05) is 20.8 Å². The van der Waals surface area contributed by atoms with Crippen LogP contribution in [0, 0.1) is 16.7 Å². The first-order valence-corrected chi connectivity index (χ1v) is 7.97. The van der Waals surface area contributed by atoms with Gasteiger partial charge in [0.2, 0.25) is 5.91 Å². The number of carbonyl (C=O) groups excluding carboxylic acids is 2. The van der Waals surface area contributed by atoms with Crippen LogP contribution in [0.5, 0.6) is 5.75 Å². The third-order valence-electron chi connectivity index (χ3n) is 5.43. The van der Waals surface area contributed by atoms with E-state index < -0.39 is 16.8 Å². The van der Waals surface area contributed by atoms with Crippen molar-refractivity contribution in [3.63, 3.8) is 0 Å². The van der Waals surface area contributed by atoms with Crippen molar-refractivity contribution in [2.24, 2.45) is 16.7 Å². The van der Waals surface area contributed by atoms with E-state index in [0.29, 0.717) is 25.1 Å². The topological polar surface area (TPSA) is 78.5 Å². The molecule has 1 aromatic rings. The van der Waals surface area contributed by atoms with E-state index in [-0.39, 0.29) is 11.8 Å². The fourth-order valence-corrected chi connectivity index (χ4v) is 3.36. The molecule has 0 spiro atoms. The minimum Gasteiger partial charge on any atom is -0.550 e. The Morgan fingerprint density at radius 3 is 2.35 bits per heavy atom. The van der Waals surface area contributed by atoms with Crippen LogP contribution in [0.3, 0.4) is 0 Å². The molecular weight excluding hydrogens is 294 g/mol. The molecule has 1 N–H and O–H groups in total. The van der Waals surface area contributed by atoms with Crippen molar-refractivity contribution in [3.05, 3.63) is 24.3 Å². The Morgan fingerprint density at radius 1 is 1.26 bits per heavy atom. The lowest BCUT2D eigenvalue weighted by atomic mass is 9.65. The number of amides is 1. The maximum atomic E-state index is 12.6. The molecule has 23 heavy (non-hydrogen) atoms. The lowest BCUT2D eigenvalue weighted by molar-refractivity contribution is -0.323. The fraction of sp³-hybridized carbons (Fsp3) is 0.556. The van der Waals surface area contributed by atoms with Gasteiger partial charge in [-0.15, -0.1) is 0 Å². The SMILES string of the molecule is CCOc1ccc(NC(=O)[C@@H]2CC[C@@](C)(C(=O)[O-])C2(C)C)cc1. The zero-order chi connectivity index (χ0) is 17.3. The number of aliphatic carboxylic acids is 1. The summed E-state index contributed by atoms with van der Waals surface area (Å²) in [5.41, 5.74) is -0.981. The van der Waals surface area contributed by atoms with Crippen molar-refractivity contribution in [1.29, 1.82) is 0 Å². The van der Waals surface area contributed by atoms with E-state index >= 15 is 0 Å². The van der Waals surface area contributed by atoms with Gasteiger partial charge in [-0.05, 0) is 49.4 Å². The number of carbonyl (C=O) groups is 2. The Hall–Kier alpha value is -2.04. The summed E-state index contributed by atoms with van der Waals surface area (Å²) in [7, 11) is 0. The number of benzene rings is 1. The lowest BCUT2D eigenvalue weighted by Gasteiger charge is -2.41. The molecule has 2 atom stereocenters. The maximum Gasteiger partial charge on any atom is 0.228 e. The van der Waals surface area contributed by atoms with Crippen molar-refractivity contribution in [3.8, 4) is 5.75 Å². The maximum absolute atomic E-state index is 12.6. The van der Waals surface area contributed by atoms with Crippen molar-refractivity contribution >= 4 is 17.6 Å². The number of hydrogen-bond acceptors (Lipinski definition) is 4. The van der Waals surface area contributed by atoms with E-state index in [1.54, 1.807) is 31.2 Å². The second-order valence-electron chi connectivity index (χ2n) is 6.88. The number of anilines is 1. The van der Waals surface area contributed by atoms with Crippen molar-refractivity contribution in [1.82, 2.24) is 0 Å². The van der Waals surface area contributed by atoms with Crippen LogP contribution in [-0.4, -0.2) is 18.5 Å². The Balaban J connectivity index is 2.11. The second-order valence-corrected chi connectivity index (χ2v) is 6.88. The Morgan fingerprint density at radius 2 is 1.87 bits per heavy atom. The molecule has 1 aliphatic rings. The molecule has 0 saturated heterocycles. The first-order chi connectivity index (χ1) is 10.7. The van der Waals surface area contributed by atoms with Crippen LogP contribution in [0.4, 0.5) is 5.69 Å². The van der Waals surface area contributed by atoms with E-state index in [0.717, 1.165) is 5.75 Å². The van der Waals surface area contributed by atoms with Crippen LogP contribution in [0.25, 0.3) is 0 Å². The molecule has 1 aromatic carbocycles. The highest BCUT2D eigenvalue weighted by atomic mass is 16.5. The van der Waals surface area contributed by atoms with Gasteiger partial charge in [-0.25, -0.2) is 0 Å². The molecule has 0 unspecified atom stereocenters. The number of rotatable bonds is 5. The monoisotopic (exact) mass is 318 g/mol. The van der Waals surface area contributed by atoms with Crippen LogP contribution in [0.2, 0.25) is 0 Å². The average Bonchev–Trinajstić information content (AvgIpc) is 2.73. The van der Waals surface area contributed by atoms with Crippen LogP contribution in [0.1, 0.15) is 40.5 Å². The molecule has 1 saturated carbocycles. The van der Waals surface area contributed by atoms with Crippen molar-refractivity contribution < 1.29 is 19.4 Å². The number of nitrogens with one attached hydrogen (secondary N) is 1. The summed E-state index contributed by atoms with van der Waals surface area (Å²) in [6.45, 7) is 7.83. The normalized spacial score (nSPS) is 25.8. The molecule has 0 bridgehead atoms. The zero-order valence-electron chi connectivity index (χ0n) is 14.1. The highest BCUT2D eigenvalue weighted by Gasteiger charge is 2.54. The number of ether oxygens (including phenoxy) is 1. The van der Waals surface area contributed by atoms with E-state index in [9.17, 15) is 14.7 Å². The molecule has 1 aliphatic carbocycles. The number of carboxylic acids is 1. The van der Waals surface area contributed by atoms with Crippen molar-refractivity contribution in [2.45, 2.75) is 40.5 Å². The quantitative estimate of drug-likeness (QED) is 0.903. The average molecular weight is 318 g/mol. The minimum absolute atomic E-state index is 0.149. The summed E-state index contributed by atoms with van der Waals surface area (Å²) >= 11 is 0. The highest BCUT2D eigenvalue weighted by molar-refractivity contribution is 5.94. The van der Waals surface area contributed by atoms with E-state index in [2.05, 4.69) is 5.32 Å². The molecular formula is C18H24NO4-. The van der Waals surface area contributed by atoms with Gasteiger partial charge in [-0.3, -0.25) is 4.79 Å². The van der Waals surface area contributed by atoms with Gasteiger partial charge in [0, 0.05) is 23.0 Å². The Bertz CT molecular complexity index is 594. The molecule has 0 radical (unpaired) electrons. The first-order valence-electron chi connectivity index (χ1n) is 7.97. The van der Waals surface area contributed by atoms with Crippen LogP contribution in [-0.2, 0) is 9.59 Å². The van der Waals surface area contributed by atoms with Crippen molar-refractivity contribution in [2.75, 3.05) is 11.9 Å². The summed E-state index contributed by atoms with van der Waals surface area (Å²) in [6, 6.07) is 7.15. The third kappa shape index (κ3) is 3.05. The molecule has 126 valence electrons. The van der Waals surface area contributed by atoms with Gasteiger partial charge >= 0.3 is 0 Å². The summed E-state index contributed by atoms with van der Waals surface area (Å²) in [4.78, 5) is 24.1. The van der Waals surface area contributed by atoms with Gasteiger partial charge in [0.05, 0.1) is 6.61 Å². The molecule has 5 heteroatoms. The van der Waals surface area contributed by atoms with Gasteiger partial charge in [0.15, 0.2) is 0 Å². The molecule has 0 aromatic heterocycles. The highest BCUT2D eigenvalue weighted by Crippen LogP contribution is 2.55. The second kappa shape index (κ2) is 6.22. The predicted octanol–water partition coefficient (Wildman–Crippen LogP) is 2.22. The van der Waals surface area contributed by atoms with Gasteiger partial charge < -0.3 is 20.0 Å². The van der Waals surface area contributed by atoms with Crippen LogP contribution in [0.15, 0.2) is 24.3 Å². The summed E-state index contributed by atoms with van der Waals surface area (Å²) in [5.74, 6) is -0.851. The van der Waals surface area contributed by atoms with E-state index in [4.69, 9.17) is 4.74 Å². The lowest BCUT2D eigenvalue weighted by Crippen LogP contribution is -2.49. The summed E-state index contributed by atoms with van der Waals surface area (Å²) < 4.78 is 5.37. The smallest absolute Gasteiger partial charge is 0.228 e. The van der Waals surface area contributed by atoms with Gasteiger partial charge in [0.25, 0.3) is 0 Å². The van der Waals surface area contributed by atoms with E-state index in [1.165, 1.54) is 0 Å². The Kier molecular flexibility index (Phi) is 4.68. The first kappa shape index (κ1) is 17.3. The summed E-state index contributed by atoms with van der Waals surface area (Å²) in [5, 5.41) is 14.4. The van der Waals surface area contributed by atoms with Gasteiger partial charge in [0.1, 0.15) is 5.75 Å². The summed E-state index contributed by atoms with van der Waals surface area (Å²) in [6.07, 6.45) is 0.990. The predicted molar refractivity (Wildman–Crippen MR) is 85.9 cm³/mol. The molecule has 1 amide bonds. The zero-order valence-corrected chi connectivity index (χ0v) is 14.1. The fourth-order valence-electron chi connectivity index (χ4n) is 3.36. The molecule has 0 heterocycles. The van der Waals surface area contributed by atoms with Crippen LogP contribution < -0.4 is 15.2 Å². The molecule has 5 nitrogen and oxygen atoms in total. The Labute approximate surface area is 137 Å².